The van der Waals surface area contributed by atoms with Gasteiger partial charge in [0, 0.05) is 6.42 Å². The zero-order valence-corrected chi connectivity index (χ0v) is 14.6. The van der Waals surface area contributed by atoms with Crippen LogP contribution in [0.15, 0.2) is 30.3 Å². The largest absolute Gasteiger partial charge is 0.443 e. The molecule has 4 nitrogen and oxygen atoms in total. The van der Waals surface area contributed by atoms with Crippen molar-refractivity contribution in [3.63, 3.8) is 0 Å². The third-order valence-electron chi connectivity index (χ3n) is 4.78. The molecule has 132 valence electrons. The molecular formula is C20H29NO3. The number of hydrogen-bond donors (Lipinski definition) is 1. The van der Waals surface area contributed by atoms with Gasteiger partial charge >= 0.3 is 6.09 Å². The highest BCUT2D eigenvalue weighted by atomic mass is 16.6. The molecule has 0 spiro atoms. The van der Waals surface area contributed by atoms with Gasteiger partial charge in [-0.3, -0.25) is 0 Å². The Labute approximate surface area is 145 Å². The van der Waals surface area contributed by atoms with E-state index < -0.39 is 17.7 Å². The number of ether oxygens (including phenoxy) is 1. The average Bonchev–Trinajstić information content (AvgIpc) is 2.60. The molecule has 1 aromatic carbocycles. The van der Waals surface area contributed by atoms with Crippen LogP contribution < -0.4 is 5.32 Å². The fourth-order valence-electron chi connectivity index (χ4n) is 3.45. The summed E-state index contributed by atoms with van der Waals surface area (Å²) in [6, 6.07) is 9.72. The van der Waals surface area contributed by atoms with Gasteiger partial charge < -0.3 is 14.8 Å². The summed E-state index contributed by atoms with van der Waals surface area (Å²) in [5, 5.41) is 2.73. The summed E-state index contributed by atoms with van der Waals surface area (Å²) in [7, 11) is 0. The molecule has 0 heterocycles. The number of carbonyl (C=O) groups is 2. The molecule has 1 N–H and O–H groups in total. The number of carbonyl (C=O) groups excluding carboxylic acids is 2. The molecular weight excluding hydrogens is 302 g/mol. The van der Waals surface area contributed by atoms with Crippen molar-refractivity contribution in [1.82, 2.24) is 5.32 Å². The maximum absolute atomic E-state index is 12.3. The minimum Gasteiger partial charge on any atom is -0.443 e. The number of amides is 1. The normalized spacial score (nSPS) is 17.7. The molecule has 0 aliphatic heterocycles. The van der Waals surface area contributed by atoms with Gasteiger partial charge in [0.1, 0.15) is 11.9 Å². The Morgan fingerprint density at radius 2 is 1.96 bits per heavy atom. The first-order valence-corrected chi connectivity index (χ1v) is 9.16. The van der Waals surface area contributed by atoms with Crippen molar-refractivity contribution in [2.75, 3.05) is 0 Å². The minimum absolute atomic E-state index is 0.443. The summed E-state index contributed by atoms with van der Waals surface area (Å²) in [4.78, 5) is 23.5. The summed E-state index contributed by atoms with van der Waals surface area (Å²) in [6.45, 7) is 2.07. The lowest BCUT2D eigenvalue weighted by Gasteiger charge is -2.37. The van der Waals surface area contributed by atoms with Gasteiger partial charge in [-0.2, -0.15) is 0 Å². The van der Waals surface area contributed by atoms with Gasteiger partial charge in [0.05, 0.1) is 6.04 Å². The van der Waals surface area contributed by atoms with Gasteiger partial charge in [-0.1, -0.05) is 56.5 Å². The second kappa shape index (κ2) is 9.45. The molecule has 24 heavy (non-hydrogen) atoms. The van der Waals surface area contributed by atoms with Crippen LogP contribution in [0.3, 0.4) is 0 Å². The van der Waals surface area contributed by atoms with Gasteiger partial charge in [-0.05, 0) is 37.7 Å². The molecule has 1 amide bonds. The maximum Gasteiger partial charge on any atom is 0.408 e. The zero-order chi connectivity index (χ0) is 17.3. The molecule has 1 fully saturated rings. The van der Waals surface area contributed by atoms with Gasteiger partial charge in [0.25, 0.3) is 0 Å². The summed E-state index contributed by atoms with van der Waals surface area (Å²) in [5.41, 5.74) is 0.743. The van der Waals surface area contributed by atoms with Crippen molar-refractivity contribution in [2.45, 2.75) is 76.4 Å². The van der Waals surface area contributed by atoms with Crippen molar-refractivity contribution < 1.29 is 14.3 Å². The first-order chi connectivity index (χ1) is 11.7. The predicted octanol–water partition coefficient (Wildman–Crippen LogP) is 4.42. The van der Waals surface area contributed by atoms with Crippen LogP contribution >= 0.6 is 0 Å². The van der Waals surface area contributed by atoms with Crippen LogP contribution in [0.1, 0.15) is 63.9 Å². The lowest BCUT2D eigenvalue weighted by Crippen LogP contribution is -2.45. The van der Waals surface area contributed by atoms with Crippen LogP contribution in [0, 0.1) is 0 Å². The van der Waals surface area contributed by atoms with Crippen LogP contribution in [0.25, 0.3) is 0 Å². The summed E-state index contributed by atoms with van der Waals surface area (Å²) < 4.78 is 5.89. The molecule has 4 heteroatoms. The molecule has 1 aliphatic rings. The number of unbranched alkanes of at least 4 members (excludes halogenated alkanes) is 1. The molecule has 0 unspecified atom stereocenters. The molecule has 1 aromatic rings. The molecule has 0 bridgehead atoms. The summed E-state index contributed by atoms with van der Waals surface area (Å²) in [5.74, 6) is 0. The fourth-order valence-corrected chi connectivity index (χ4v) is 3.45. The number of benzene rings is 1. The Morgan fingerprint density at radius 1 is 1.25 bits per heavy atom. The average molecular weight is 331 g/mol. The van der Waals surface area contributed by atoms with E-state index in [1.54, 1.807) is 0 Å². The summed E-state index contributed by atoms with van der Waals surface area (Å²) >= 11 is 0. The van der Waals surface area contributed by atoms with Crippen LogP contribution in [0.5, 0.6) is 0 Å². The van der Waals surface area contributed by atoms with Gasteiger partial charge in [0.2, 0.25) is 0 Å². The molecule has 1 aliphatic carbocycles. The number of aldehydes is 1. The second-order valence-corrected chi connectivity index (χ2v) is 6.82. The lowest BCUT2D eigenvalue weighted by molar-refractivity contribution is -0.110. The topological polar surface area (TPSA) is 55.4 Å². The Hall–Kier alpha value is -1.84. The van der Waals surface area contributed by atoms with E-state index in [1.807, 2.05) is 18.2 Å². The first kappa shape index (κ1) is 18.5. The van der Waals surface area contributed by atoms with Crippen LogP contribution in [0.2, 0.25) is 0 Å². The van der Waals surface area contributed by atoms with Gasteiger partial charge in [-0.25, -0.2) is 4.79 Å². The van der Waals surface area contributed by atoms with E-state index in [-0.39, 0.29) is 0 Å². The SMILES string of the molecule is CCCC[C@@H](C=O)NC(=O)OC1(Cc2ccccc2)CCCCC1. The van der Waals surface area contributed by atoms with E-state index in [4.69, 9.17) is 4.74 Å². The van der Waals surface area contributed by atoms with E-state index in [0.717, 1.165) is 51.2 Å². The fraction of sp³-hybridized carbons (Fsp3) is 0.600. The predicted molar refractivity (Wildman–Crippen MR) is 95.0 cm³/mol. The smallest absolute Gasteiger partial charge is 0.408 e. The maximum atomic E-state index is 12.3. The van der Waals surface area contributed by atoms with Crippen molar-refractivity contribution >= 4 is 12.4 Å². The number of nitrogens with one attached hydrogen (secondary N) is 1. The third kappa shape index (κ3) is 5.66. The minimum atomic E-state index is -0.457. The van der Waals surface area contributed by atoms with E-state index in [9.17, 15) is 9.59 Å². The zero-order valence-electron chi connectivity index (χ0n) is 14.6. The number of rotatable bonds is 8. The van der Waals surface area contributed by atoms with Crippen molar-refractivity contribution in [1.29, 1.82) is 0 Å². The Morgan fingerprint density at radius 3 is 2.58 bits per heavy atom. The molecule has 0 aromatic heterocycles. The number of hydrogen-bond acceptors (Lipinski definition) is 3. The molecule has 0 saturated heterocycles. The van der Waals surface area contributed by atoms with E-state index in [0.29, 0.717) is 6.42 Å². The quantitative estimate of drug-likeness (QED) is 0.718. The Bertz CT molecular complexity index is 509. The number of alkyl carbamates (subject to hydrolysis) is 1. The lowest BCUT2D eigenvalue weighted by atomic mass is 9.80. The van der Waals surface area contributed by atoms with Crippen LogP contribution in [-0.2, 0) is 16.0 Å². The first-order valence-electron chi connectivity index (χ1n) is 9.16. The third-order valence-corrected chi connectivity index (χ3v) is 4.78. The molecule has 1 saturated carbocycles. The summed E-state index contributed by atoms with van der Waals surface area (Å²) in [6.07, 6.45) is 8.78. The molecule has 2 rings (SSSR count). The van der Waals surface area contributed by atoms with Crippen molar-refractivity contribution in [2.24, 2.45) is 0 Å². The highest BCUT2D eigenvalue weighted by Crippen LogP contribution is 2.34. The molecule has 1 atom stereocenters. The standard InChI is InChI=1S/C20H29NO3/c1-2-3-12-18(16-22)21-19(23)24-20(13-8-5-9-14-20)15-17-10-6-4-7-11-17/h4,6-7,10-11,16,18H,2-3,5,8-9,12-15H2,1H3,(H,21,23)/t18-/m0/s1. The Balaban J connectivity index is 1.99. The van der Waals surface area contributed by atoms with Gasteiger partial charge in [-0.15, -0.1) is 0 Å². The Kier molecular flexibility index (Phi) is 7.29. The molecule has 0 radical (unpaired) electrons. The monoisotopic (exact) mass is 331 g/mol. The van der Waals surface area contributed by atoms with Crippen LogP contribution in [-0.4, -0.2) is 24.0 Å². The van der Waals surface area contributed by atoms with Crippen molar-refractivity contribution in [3.8, 4) is 0 Å². The van der Waals surface area contributed by atoms with E-state index in [1.165, 1.54) is 12.0 Å². The van der Waals surface area contributed by atoms with E-state index >= 15 is 0 Å². The highest BCUT2D eigenvalue weighted by molar-refractivity contribution is 5.73. The van der Waals surface area contributed by atoms with Gasteiger partial charge in [0.15, 0.2) is 0 Å². The second-order valence-electron chi connectivity index (χ2n) is 6.82. The van der Waals surface area contributed by atoms with Crippen LogP contribution in [0.4, 0.5) is 4.79 Å². The highest BCUT2D eigenvalue weighted by Gasteiger charge is 2.36. The van der Waals surface area contributed by atoms with E-state index in [2.05, 4.69) is 24.4 Å². The van der Waals surface area contributed by atoms with Crippen molar-refractivity contribution in [3.05, 3.63) is 35.9 Å².